The van der Waals surface area contributed by atoms with Crippen molar-refractivity contribution in [1.82, 2.24) is 0 Å². The quantitative estimate of drug-likeness (QED) is 0.547. The first kappa shape index (κ1) is 9.43. The van der Waals surface area contributed by atoms with E-state index in [0.717, 1.165) is 7.11 Å². The lowest BCUT2D eigenvalue weighted by molar-refractivity contribution is 0.268. The molecule has 0 fully saturated rings. The minimum absolute atomic E-state index is 0.160. The Bertz CT molecular complexity index is 230. The topological polar surface area (TPSA) is 52.6 Å². The molecule has 0 spiro atoms. The van der Waals surface area contributed by atoms with Gasteiger partial charge in [-0.25, -0.2) is 4.18 Å². The van der Waals surface area contributed by atoms with Crippen molar-refractivity contribution in [2.75, 3.05) is 13.7 Å². The van der Waals surface area contributed by atoms with Crippen LogP contribution in [0.15, 0.2) is 0 Å². The summed E-state index contributed by atoms with van der Waals surface area (Å²) >= 11 is 0. The summed E-state index contributed by atoms with van der Waals surface area (Å²) in [6.07, 6.45) is 0. The molecule has 0 bridgehead atoms. The van der Waals surface area contributed by atoms with Gasteiger partial charge >= 0.3 is 10.4 Å². The van der Waals surface area contributed by atoms with Gasteiger partial charge in [0.15, 0.2) is 0 Å². The molecule has 0 aromatic heterocycles. The molecule has 0 aliphatic rings. The molecule has 4 nitrogen and oxygen atoms in total. The van der Waals surface area contributed by atoms with E-state index in [1.54, 1.807) is 6.92 Å². The van der Waals surface area contributed by atoms with Gasteiger partial charge in [-0.1, -0.05) is 5.92 Å². The van der Waals surface area contributed by atoms with Crippen molar-refractivity contribution in [3.8, 4) is 11.8 Å². The zero-order valence-corrected chi connectivity index (χ0v) is 6.56. The van der Waals surface area contributed by atoms with Crippen molar-refractivity contribution < 1.29 is 16.8 Å². The third-order valence-electron chi connectivity index (χ3n) is 0.656. The van der Waals surface area contributed by atoms with Gasteiger partial charge in [-0.2, -0.15) is 8.42 Å². The highest BCUT2D eigenvalue weighted by molar-refractivity contribution is 7.81. The summed E-state index contributed by atoms with van der Waals surface area (Å²) in [5.74, 6) is 4.88. The van der Waals surface area contributed by atoms with E-state index in [2.05, 4.69) is 20.2 Å². The molecule has 0 saturated heterocycles. The second kappa shape index (κ2) is 4.28. The lowest BCUT2D eigenvalue weighted by Gasteiger charge is -1.95. The van der Waals surface area contributed by atoms with Crippen LogP contribution in [0.3, 0.4) is 0 Å². The van der Waals surface area contributed by atoms with Crippen molar-refractivity contribution in [2.45, 2.75) is 6.92 Å². The van der Waals surface area contributed by atoms with Crippen LogP contribution in [-0.2, 0) is 18.8 Å². The van der Waals surface area contributed by atoms with Crippen LogP contribution < -0.4 is 0 Å². The molecule has 0 radical (unpaired) electrons. The summed E-state index contributed by atoms with van der Waals surface area (Å²) in [6.45, 7) is 1.43. The maximum Gasteiger partial charge on any atom is 0.400 e. The fraction of sp³-hybridized carbons (Fsp3) is 0.600. The molecule has 0 aromatic carbocycles. The van der Waals surface area contributed by atoms with Crippen molar-refractivity contribution in [1.29, 1.82) is 0 Å². The van der Waals surface area contributed by atoms with E-state index in [-0.39, 0.29) is 6.61 Å². The van der Waals surface area contributed by atoms with Crippen molar-refractivity contribution in [3.63, 3.8) is 0 Å². The minimum Gasteiger partial charge on any atom is -0.252 e. The van der Waals surface area contributed by atoms with Gasteiger partial charge in [0.2, 0.25) is 0 Å². The molecular weight excluding hydrogens is 156 g/mol. The second-order valence-corrected chi connectivity index (χ2v) is 2.65. The molecule has 0 heterocycles. The van der Waals surface area contributed by atoms with Crippen LogP contribution in [0.4, 0.5) is 0 Å². The highest BCUT2D eigenvalue weighted by Crippen LogP contribution is 1.90. The van der Waals surface area contributed by atoms with E-state index in [1.165, 1.54) is 0 Å². The van der Waals surface area contributed by atoms with E-state index in [0.29, 0.717) is 0 Å². The van der Waals surface area contributed by atoms with Gasteiger partial charge in [-0.15, -0.1) is 5.92 Å². The van der Waals surface area contributed by atoms with Gasteiger partial charge in [-0.3, -0.25) is 4.18 Å². The van der Waals surface area contributed by atoms with Gasteiger partial charge in [0.05, 0.1) is 7.11 Å². The Morgan fingerprint density at radius 3 is 2.50 bits per heavy atom. The molecule has 0 unspecified atom stereocenters. The summed E-state index contributed by atoms with van der Waals surface area (Å²) in [5, 5.41) is 0. The first-order valence-corrected chi connectivity index (χ1v) is 3.80. The van der Waals surface area contributed by atoms with Gasteiger partial charge < -0.3 is 0 Å². The van der Waals surface area contributed by atoms with Crippen molar-refractivity contribution >= 4 is 10.4 Å². The van der Waals surface area contributed by atoms with Crippen LogP contribution in [0.5, 0.6) is 0 Å². The zero-order chi connectivity index (χ0) is 8.04. The summed E-state index contributed by atoms with van der Waals surface area (Å²) < 4.78 is 28.9. The van der Waals surface area contributed by atoms with Gasteiger partial charge in [0.25, 0.3) is 0 Å². The van der Waals surface area contributed by atoms with Gasteiger partial charge in [0, 0.05) is 0 Å². The standard InChI is InChI=1S/C5H8O4S/c1-3-4-5-9-10(6,7)8-2/h5H2,1-2H3. The number of rotatable bonds is 3. The fourth-order valence-electron chi connectivity index (χ4n) is 0.222. The summed E-state index contributed by atoms with van der Waals surface area (Å²) in [7, 11) is -2.77. The van der Waals surface area contributed by atoms with Crippen LogP contribution >= 0.6 is 0 Å². The van der Waals surface area contributed by atoms with Crippen LogP contribution in [0, 0.1) is 11.8 Å². The third-order valence-corrected chi connectivity index (χ3v) is 1.47. The largest absolute Gasteiger partial charge is 0.400 e. The number of hydrogen-bond donors (Lipinski definition) is 0. The zero-order valence-electron chi connectivity index (χ0n) is 5.75. The summed E-state index contributed by atoms with van der Waals surface area (Å²) in [4.78, 5) is 0. The highest BCUT2D eigenvalue weighted by Gasteiger charge is 2.05. The lowest BCUT2D eigenvalue weighted by Crippen LogP contribution is -2.07. The molecule has 0 aliphatic carbocycles. The van der Waals surface area contributed by atoms with E-state index in [1.807, 2.05) is 0 Å². The Morgan fingerprint density at radius 2 is 2.10 bits per heavy atom. The SMILES string of the molecule is CC#CCOS(=O)(=O)OC. The first-order chi connectivity index (χ1) is 4.62. The highest BCUT2D eigenvalue weighted by atomic mass is 32.3. The molecule has 0 amide bonds. The van der Waals surface area contributed by atoms with E-state index in [4.69, 9.17) is 0 Å². The van der Waals surface area contributed by atoms with E-state index >= 15 is 0 Å². The molecular formula is C5H8O4S. The molecule has 0 atom stereocenters. The Balaban J connectivity index is 3.77. The van der Waals surface area contributed by atoms with Crippen molar-refractivity contribution in [3.05, 3.63) is 0 Å². The molecule has 0 aromatic rings. The average molecular weight is 164 g/mol. The molecule has 0 aliphatic heterocycles. The predicted octanol–water partition coefficient (Wildman–Crippen LogP) is -0.0825. The Morgan fingerprint density at radius 1 is 1.50 bits per heavy atom. The Kier molecular flexibility index (Phi) is 4.03. The van der Waals surface area contributed by atoms with Gasteiger partial charge in [0.1, 0.15) is 6.61 Å². The normalized spacial score (nSPS) is 10.2. The average Bonchev–Trinajstić information content (AvgIpc) is 1.89. The molecule has 58 valence electrons. The minimum atomic E-state index is -3.79. The predicted molar refractivity (Wildman–Crippen MR) is 35.3 cm³/mol. The first-order valence-electron chi connectivity index (χ1n) is 2.47. The molecule has 5 heteroatoms. The van der Waals surface area contributed by atoms with Gasteiger partial charge in [-0.05, 0) is 6.92 Å². The maximum absolute atomic E-state index is 10.4. The Labute approximate surface area is 60.5 Å². The van der Waals surface area contributed by atoms with E-state index < -0.39 is 10.4 Å². The maximum atomic E-state index is 10.4. The molecule has 0 saturated carbocycles. The summed E-state index contributed by atoms with van der Waals surface area (Å²) in [6, 6.07) is 0. The Hall–Kier alpha value is -0.570. The van der Waals surface area contributed by atoms with Crippen LogP contribution in [0.2, 0.25) is 0 Å². The number of hydrogen-bond acceptors (Lipinski definition) is 4. The summed E-state index contributed by atoms with van der Waals surface area (Å²) in [5.41, 5.74) is 0. The third kappa shape index (κ3) is 4.32. The van der Waals surface area contributed by atoms with Crippen LogP contribution in [-0.4, -0.2) is 22.1 Å². The monoisotopic (exact) mass is 164 g/mol. The van der Waals surface area contributed by atoms with E-state index in [9.17, 15) is 8.42 Å². The fourth-order valence-corrected chi connectivity index (χ4v) is 0.521. The molecule has 0 rings (SSSR count). The molecule has 0 N–H and O–H groups in total. The second-order valence-electron chi connectivity index (χ2n) is 1.26. The van der Waals surface area contributed by atoms with Crippen LogP contribution in [0.1, 0.15) is 6.92 Å². The molecule has 10 heavy (non-hydrogen) atoms. The lowest BCUT2D eigenvalue weighted by atomic mass is 10.6. The van der Waals surface area contributed by atoms with Crippen molar-refractivity contribution in [2.24, 2.45) is 0 Å². The smallest absolute Gasteiger partial charge is 0.252 e. The van der Waals surface area contributed by atoms with Crippen LogP contribution in [0.25, 0.3) is 0 Å².